The highest BCUT2D eigenvalue weighted by Gasteiger charge is 2.29. The van der Waals surface area contributed by atoms with Crippen LogP contribution in [0.4, 0.5) is 16.2 Å². The summed E-state index contributed by atoms with van der Waals surface area (Å²) in [6, 6.07) is 16.8. The van der Waals surface area contributed by atoms with Gasteiger partial charge in [0.2, 0.25) is 0 Å². The minimum absolute atomic E-state index is 0.178. The average molecular weight is 389 g/mol. The summed E-state index contributed by atoms with van der Waals surface area (Å²) >= 11 is 0. The molecule has 0 saturated heterocycles. The van der Waals surface area contributed by atoms with Gasteiger partial charge in [0.15, 0.2) is 5.69 Å². The smallest absolute Gasteiger partial charge is 0.321 e. The maximum atomic E-state index is 12.8. The lowest BCUT2D eigenvalue weighted by molar-refractivity contribution is 0.101. The van der Waals surface area contributed by atoms with E-state index in [-0.39, 0.29) is 11.9 Å². The molecule has 0 atom stereocenters. The normalized spacial score (nSPS) is 13.0. The molecule has 0 spiro atoms. The van der Waals surface area contributed by atoms with E-state index < -0.39 is 0 Å². The van der Waals surface area contributed by atoms with Crippen molar-refractivity contribution in [2.75, 3.05) is 17.2 Å². The van der Waals surface area contributed by atoms with Gasteiger partial charge >= 0.3 is 6.03 Å². The number of anilines is 2. The molecule has 0 fully saturated rings. The van der Waals surface area contributed by atoms with Crippen molar-refractivity contribution in [3.05, 3.63) is 77.1 Å². The molecular weight excluding hydrogens is 366 g/mol. The van der Waals surface area contributed by atoms with E-state index in [2.05, 4.69) is 15.7 Å². The quantitative estimate of drug-likeness (QED) is 0.719. The maximum absolute atomic E-state index is 12.8. The van der Waals surface area contributed by atoms with Crippen molar-refractivity contribution in [1.82, 2.24) is 14.7 Å². The van der Waals surface area contributed by atoms with Crippen LogP contribution in [0.25, 0.3) is 0 Å². The minimum atomic E-state index is -0.269. The van der Waals surface area contributed by atoms with Crippen molar-refractivity contribution in [2.45, 2.75) is 19.9 Å². The van der Waals surface area contributed by atoms with Gasteiger partial charge in [-0.2, -0.15) is 5.10 Å². The number of urea groups is 1. The number of rotatable bonds is 3. The van der Waals surface area contributed by atoms with Gasteiger partial charge in [-0.1, -0.05) is 36.4 Å². The lowest BCUT2D eigenvalue weighted by Crippen LogP contribution is -2.39. The van der Waals surface area contributed by atoms with Crippen molar-refractivity contribution in [3.8, 4) is 0 Å². The topological polar surface area (TPSA) is 79.3 Å². The molecule has 0 bridgehead atoms. The fourth-order valence-corrected chi connectivity index (χ4v) is 3.57. The molecule has 2 heterocycles. The molecule has 1 aliphatic heterocycles. The number of hydrogen-bond donors (Lipinski definition) is 2. The summed E-state index contributed by atoms with van der Waals surface area (Å²) in [5.74, 6) is -0.269. The predicted octanol–water partition coefficient (Wildman–Crippen LogP) is 3.57. The number of nitrogens with zero attached hydrogens (tertiary/aromatic N) is 3. The number of para-hydroxylation sites is 2. The monoisotopic (exact) mass is 389 g/mol. The first-order chi connectivity index (χ1) is 14.0. The first kappa shape index (κ1) is 18.7. The lowest BCUT2D eigenvalue weighted by Gasteiger charge is -2.28. The highest BCUT2D eigenvalue weighted by molar-refractivity contribution is 6.04. The van der Waals surface area contributed by atoms with Crippen LogP contribution in [0.3, 0.4) is 0 Å². The Hall–Kier alpha value is -3.61. The Bertz CT molecular complexity index is 1060. The second-order valence-electron chi connectivity index (χ2n) is 7.13. The van der Waals surface area contributed by atoms with E-state index in [9.17, 15) is 9.59 Å². The van der Waals surface area contributed by atoms with Crippen molar-refractivity contribution >= 4 is 23.3 Å². The molecule has 0 saturated carbocycles. The summed E-state index contributed by atoms with van der Waals surface area (Å²) in [5.41, 5.74) is 4.65. The number of nitrogens with one attached hydrogen (secondary N) is 2. The largest absolute Gasteiger partial charge is 0.322 e. The second kappa shape index (κ2) is 7.79. The Labute approximate surface area is 169 Å². The number of carbonyl (C=O) groups excluding carboxylic acids is 2. The number of aromatic nitrogens is 2. The van der Waals surface area contributed by atoms with Crippen LogP contribution in [0.15, 0.2) is 54.6 Å². The fourth-order valence-electron chi connectivity index (χ4n) is 3.57. The van der Waals surface area contributed by atoms with Crippen LogP contribution in [0.1, 0.15) is 27.3 Å². The number of benzene rings is 2. The molecule has 1 aromatic heterocycles. The number of amides is 3. The molecule has 3 aromatic rings. The molecule has 29 heavy (non-hydrogen) atoms. The highest BCUT2D eigenvalue weighted by atomic mass is 16.2. The van der Waals surface area contributed by atoms with Gasteiger partial charge in [-0.25, -0.2) is 4.79 Å². The third kappa shape index (κ3) is 3.85. The third-order valence-electron chi connectivity index (χ3n) is 5.16. The van der Waals surface area contributed by atoms with Crippen molar-refractivity contribution in [3.63, 3.8) is 0 Å². The van der Waals surface area contributed by atoms with Gasteiger partial charge in [-0.05, 0) is 30.7 Å². The van der Waals surface area contributed by atoms with Gasteiger partial charge in [-0.15, -0.1) is 0 Å². The summed E-state index contributed by atoms with van der Waals surface area (Å²) in [6.07, 6.45) is 0.651. The molecule has 1 aliphatic rings. The van der Waals surface area contributed by atoms with Gasteiger partial charge in [0.25, 0.3) is 5.91 Å². The standard InChI is InChI=1S/C22H23N5O2/c1-15-8-6-7-11-18(15)24-22(29)27-13-12-19-17(14-27)20(25-26(19)2)21(28)23-16-9-4-3-5-10-16/h3-11H,12-14H2,1-2H3,(H,23,28)(H,24,29). The first-order valence-corrected chi connectivity index (χ1v) is 9.55. The van der Waals surface area contributed by atoms with Crippen LogP contribution in [-0.2, 0) is 20.0 Å². The van der Waals surface area contributed by atoms with Crippen LogP contribution < -0.4 is 10.6 Å². The Morgan fingerprint density at radius 3 is 2.48 bits per heavy atom. The van der Waals surface area contributed by atoms with Crippen LogP contribution in [-0.4, -0.2) is 33.2 Å². The molecule has 4 rings (SSSR count). The molecule has 0 radical (unpaired) electrons. The number of fused-ring (bicyclic) bond motifs is 1. The molecule has 0 unspecified atom stereocenters. The Kier molecular flexibility index (Phi) is 5.03. The van der Waals surface area contributed by atoms with E-state index in [4.69, 9.17) is 0 Å². The molecule has 2 N–H and O–H groups in total. The first-order valence-electron chi connectivity index (χ1n) is 9.55. The van der Waals surface area contributed by atoms with Crippen molar-refractivity contribution < 1.29 is 9.59 Å². The van der Waals surface area contributed by atoms with Crippen LogP contribution >= 0.6 is 0 Å². The SMILES string of the molecule is Cc1ccccc1NC(=O)N1CCc2c(c(C(=O)Nc3ccccc3)nn2C)C1. The number of aryl methyl sites for hydroxylation is 2. The summed E-state index contributed by atoms with van der Waals surface area (Å²) < 4.78 is 1.74. The van der Waals surface area contributed by atoms with Gasteiger partial charge in [0.1, 0.15) is 0 Å². The molecule has 0 aliphatic carbocycles. The van der Waals surface area contributed by atoms with E-state index in [1.165, 1.54) is 0 Å². The maximum Gasteiger partial charge on any atom is 0.322 e. The molecule has 3 amide bonds. The van der Waals surface area contributed by atoms with Crippen LogP contribution in [0.2, 0.25) is 0 Å². The van der Waals surface area contributed by atoms with Gasteiger partial charge in [0, 0.05) is 42.6 Å². The van der Waals surface area contributed by atoms with Crippen LogP contribution in [0, 0.1) is 6.92 Å². The fraction of sp³-hybridized carbons (Fsp3) is 0.227. The summed E-state index contributed by atoms with van der Waals surface area (Å²) in [7, 11) is 1.83. The Balaban J connectivity index is 1.53. The zero-order valence-electron chi connectivity index (χ0n) is 16.5. The molecule has 148 valence electrons. The molecule has 7 heteroatoms. The zero-order chi connectivity index (χ0) is 20.4. The second-order valence-corrected chi connectivity index (χ2v) is 7.13. The zero-order valence-corrected chi connectivity index (χ0v) is 16.5. The van der Waals surface area contributed by atoms with E-state index in [0.29, 0.717) is 30.9 Å². The average Bonchev–Trinajstić information content (AvgIpc) is 3.06. The molecule has 2 aromatic carbocycles. The third-order valence-corrected chi connectivity index (χ3v) is 5.16. The van der Waals surface area contributed by atoms with Crippen LogP contribution in [0.5, 0.6) is 0 Å². The summed E-state index contributed by atoms with van der Waals surface area (Å²) in [4.78, 5) is 27.3. The lowest BCUT2D eigenvalue weighted by atomic mass is 10.0. The van der Waals surface area contributed by atoms with Gasteiger partial charge in [0.05, 0.1) is 6.54 Å². The number of carbonyl (C=O) groups is 2. The van der Waals surface area contributed by atoms with E-state index in [1.54, 1.807) is 9.58 Å². The van der Waals surface area contributed by atoms with Gasteiger partial charge in [-0.3, -0.25) is 9.48 Å². The van der Waals surface area contributed by atoms with Gasteiger partial charge < -0.3 is 15.5 Å². The predicted molar refractivity (Wildman–Crippen MR) is 112 cm³/mol. The highest BCUT2D eigenvalue weighted by Crippen LogP contribution is 2.24. The molecular formula is C22H23N5O2. The summed E-state index contributed by atoms with van der Waals surface area (Å²) in [6.45, 7) is 2.87. The van der Waals surface area contributed by atoms with Crippen molar-refractivity contribution in [1.29, 1.82) is 0 Å². The van der Waals surface area contributed by atoms with E-state index in [1.807, 2.05) is 68.6 Å². The van der Waals surface area contributed by atoms with E-state index >= 15 is 0 Å². The van der Waals surface area contributed by atoms with Crippen molar-refractivity contribution in [2.24, 2.45) is 7.05 Å². The van der Waals surface area contributed by atoms with E-state index in [0.717, 1.165) is 22.5 Å². The summed E-state index contributed by atoms with van der Waals surface area (Å²) in [5, 5.41) is 10.3. The Morgan fingerprint density at radius 1 is 1.00 bits per heavy atom. The minimum Gasteiger partial charge on any atom is -0.321 e. The number of hydrogen-bond acceptors (Lipinski definition) is 3. The molecule has 7 nitrogen and oxygen atoms in total. The Morgan fingerprint density at radius 2 is 1.72 bits per heavy atom.